The summed E-state index contributed by atoms with van der Waals surface area (Å²) in [4.78, 5) is 13.9. The van der Waals surface area contributed by atoms with Gasteiger partial charge in [0.25, 0.3) is 0 Å². The molecule has 1 amide bonds. The number of carbonyl (C=O) groups is 1. The fraction of sp³-hybridized carbons (Fsp3) is 0.500. The molecular formula is C14H20N2O3S. The third-order valence-electron chi connectivity index (χ3n) is 3.54. The molecule has 0 aliphatic carbocycles. The van der Waals surface area contributed by atoms with Gasteiger partial charge in [0, 0.05) is 11.7 Å². The lowest BCUT2D eigenvalue weighted by Crippen LogP contribution is -2.41. The molecular weight excluding hydrogens is 276 g/mol. The maximum atomic E-state index is 12.0. The zero-order valence-electron chi connectivity index (χ0n) is 11.6. The lowest BCUT2D eigenvalue weighted by atomic mass is 10.2. The number of sulfone groups is 1. The molecule has 1 aromatic carbocycles. The Kier molecular flexibility index (Phi) is 4.77. The normalized spacial score (nSPS) is 21.0. The van der Waals surface area contributed by atoms with E-state index in [4.69, 9.17) is 0 Å². The minimum atomic E-state index is -2.92. The van der Waals surface area contributed by atoms with Crippen molar-refractivity contribution in [2.24, 2.45) is 0 Å². The van der Waals surface area contributed by atoms with Crippen LogP contribution in [0.1, 0.15) is 13.3 Å². The van der Waals surface area contributed by atoms with Crippen molar-refractivity contribution in [3.05, 3.63) is 30.3 Å². The molecule has 0 saturated carbocycles. The number of anilines is 1. The maximum Gasteiger partial charge on any atom is 0.238 e. The average Bonchev–Trinajstić information content (AvgIpc) is 2.77. The second-order valence-electron chi connectivity index (χ2n) is 5.03. The van der Waals surface area contributed by atoms with E-state index in [-0.39, 0.29) is 30.0 Å². The molecule has 5 nitrogen and oxygen atoms in total. The number of likely N-dealkylation sites (N-methyl/N-ethyl adjacent to an activating group) is 1. The summed E-state index contributed by atoms with van der Waals surface area (Å²) in [5.41, 5.74) is 0.757. The molecule has 1 aliphatic heterocycles. The highest BCUT2D eigenvalue weighted by Crippen LogP contribution is 2.17. The number of hydrogen-bond donors (Lipinski definition) is 1. The summed E-state index contributed by atoms with van der Waals surface area (Å²) in [6, 6.07) is 9.22. The topological polar surface area (TPSA) is 66.5 Å². The smallest absolute Gasteiger partial charge is 0.238 e. The minimum Gasteiger partial charge on any atom is -0.325 e. The van der Waals surface area contributed by atoms with Crippen LogP contribution in [-0.4, -0.2) is 49.9 Å². The number of amides is 1. The summed E-state index contributed by atoms with van der Waals surface area (Å²) < 4.78 is 23.0. The van der Waals surface area contributed by atoms with Gasteiger partial charge in [-0.05, 0) is 25.1 Å². The van der Waals surface area contributed by atoms with Gasteiger partial charge in [-0.2, -0.15) is 0 Å². The van der Waals surface area contributed by atoms with Crippen LogP contribution in [0.15, 0.2) is 30.3 Å². The molecule has 1 unspecified atom stereocenters. The summed E-state index contributed by atoms with van der Waals surface area (Å²) in [7, 11) is -2.92. The third kappa shape index (κ3) is 4.05. The Balaban J connectivity index is 1.92. The van der Waals surface area contributed by atoms with E-state index in [1.807, 2.05) is 42.2 Å². The van der Waals surface area contributed by atoms with Crippen molar-refractivity contribution in [3.63, 3.8) is 0 Å². The molecule has 0 aromatic heterocycles. The molecule has 20 heavy (non-hydrogen) atoms. The third-order valence-corrected chi connectivity index (χ3v) is 5.29. The minimum absolute atomic E-state index is 0.0356. The molecule has 1 heterocycles. The van der Waals surface area contributed by atoms with Crippen LogP contribution in [0, 0.1) is 0 Å². The number of rotatable bonds is 5. The van der Waals surface area contributed by atoms with Gasteiger partial charge in [0.05, 0.1) is 18.1 Å². The molecule has 6 heteroatoms. The number of nitrogens with zero attached hydrogens (tertiary/aromatic N) is 1. The van der Waals surface area contributed by atoms with Crippen LogP contribution in [-0.2, 0) is 14.6 Å². The van der Waals surface area contributed by atoms with E-state index in [0.29, 0.717) is 13.0 Å². The van der Waals surface area contributed by atoms with Crippen LogP contribution in [0.3, 0.4) is 0 Å². The van der Waals surface area contributed by atoms with Gasteiger partial charge in [0.1, 0.15) is 0 Å². The van der Waals surface area contributed by atoms with Gasteiger partial charge in [-0.3, -0.25) is 9.69 Å². The number of carbonyl (C=O) groups excluding carboxylic acids is 1. The van der Waals surface area contributed by atoms with Crippen molar-refractivity contribution in [1.82, 2.24) is 4.90 Å². The first-order chi connectivity index (χ1) is 9.50. The van der Waals surface area contributed by atoms with E-state index < -0.39 is 9.84 Å². The van der Waals surface area contributed by atoms with Gasteiger partial charge >= 0.3 is 0 Å². The fourth-order valence-electron chi connectivity index (χ4n) is 2.47. The van der Waals surface area contributed by atoms with E-state index in [0.717, 1.165) is 5.69 Å². The van der Waals surface area contributed by atoms with Crippen LogP contribution in [0.25, 0.3) is 0 Å². The van der Waals surface area contributed by atoms with Crippen LogP contribution in [0.2, 0.25) is 0 Å². The lowest BCUT2D eigenvalue weighted by Gasteiger charge is -2.25. The molecule has 1 saturated heterocycles. The van der Waals surface area contributed by atoms with Crippen molar-refractivity contribution < 1.29 is 13.2 Å². The summed E-state index contributed by atoms with van der Waals surface area (Å²) in [6.45, 7) is 2.84. The van der Waals surface area contributed by atoms with Crippen LogP contribution >= 0.6 is 0 Å². The highest BCUT2D eigenvalue weighted by atomic mass is 32.2. The number of nitrogens with one attached hydrogen (secondary N) is 1. The van der Waals surface area contributed by atoms with Crippen LogP contribution in [0.5, 0.6) is 0 Å². The van der Waals surface area contributed by atoms with Crippen molar-refractivity contribution in [2.75, 3.05) is 29.9 Å². The van der Waals surface area contributed by atoms with Crippen molar-refractivity contribution in [2.45, 2.75) is 19.4 Å². The van der Waals surface area contributed by atoms with Gasteiger partial charge in [-0.25, -0.2) is 8.42 Å². The molecule has 1 atom stereocenters. The Morgan fingerprint density at radius 3 is 2.60 bits per heavy atom. The van der Waals surface area contributed by atoms with E-state index in [1.165, 1.54) is 0 Å². The van der Waals surface area contributed by atoms with E-state index in [2.05, 4.69) is 5.32 Å². The molecule has 1 N–H and O–H groups in total. The summed E-state index contributed by atoms with van der Waals surface area (Å²) >= 11 is 0. The summed E-state index contributed by atoms with van der Waals surface area (Å²) in [6.07, 6.45) is 0.620. The molecule has 1 aliphatic rings. The number of hydrogen-bond acceptors (Lipinski definition) is 4. The maximum absolute atomic E-state index is 12.0. The van der Waals surface area contributed by atoms with Crippen molar-refractivity contribution in [1.29, 1.82) is 0 Å². The average molecular weight is 296 g/mol. The van der Waals surface area contributed by atoms with E-state index >= 15 is 0 Å². The molecule has 1 fully saturated rings. The first-order valence-corrected chi connectivity index (χ1v) is 8.61. The van der Waals surface area contributed by atoms with Crippen molar-refractivity contribution >= 4 is 21.4 Å². The van der Waals surface area contributed by atoms with Gasteiger partial charge in [0.15, 0.2) is 9.84 Å². The van der Waals surface area contributed by atoms with Crippen LogP contribution < -0.4 is 5.32 Å². The summed E-state index contributed by atoms with van der Waals surface area (Å²) in [5.74, 6) is 0.288. The second kappa shape index (κ2) is 6.37. The SMILES string of the molecule is CCN(CC(=O)Nc1ccccc1)C1CCS(=O)(=O)C1. The Morgan fingerprint density at radius 2 is 2.05 bits per heavy atom. The van der Waals surface area contributed by atoms with E-state index in [9.17, 15) is 13.2 Å². The zero-order chi connectivity index (χ0) is 14.6. The first kappa shape index (κ1) is 15.0. The standard InChI is InChI=1S/C14H20N2O3S/c1-2-16(13-8-9-20(18,19)11-13)10-14(17)15-12-6-4-3-5-7-12/h3-7,13H,2,8-11H2,1H3,(H,15,17). The predicted octanol–water partition coefficient (Wildman–Crippen LogP) is 1.13. The zero-order valence-corrected chi connectivity index (χ0v) is 12.4. The Hall–Kier alpha value is -1.40. The van der Waals surface area contributed by atoms with Gasteiger partial charge in [-0.1, -0.05) is 25.1 Å². The van der Waals surface area contributed by atoms with Gasteiger partial charge in [-0.15, -0.1) is 0 Å². The van der Waals surface area contributed by atoms with Crippen molar-refractivity contribution in [3.8, 4) is 0 Å². The molecule has 0 spiro atoms. The quantitative estimate of drug-likeness (QED) is 0.884. The number of para-hydroxylation sites is 1. The molecule has 110 valence electrons. The predicted molar refractivity (Wildman–Crippen MR) is 79.4 cm³/mol. The van der Waals surface area contributed by atoms with Gasteiger partial charge in [0.2, 0.25) is 5.91 Å². The Labute approximate surface area is 119 Å². The molecule has 1 aromatic rings. The first-order valence-electron chi connectivity index (χ1n) is 6.79. The fourth-order valence-corrected chi connectivity index (χ4v) is 4.23. The molecule has 0 bridgehead atoms. The highest BCUT2D eigenvalue weighted by Gasteiger charge is 2.32. The monoisotopic (exact) mass is 296 g/mol. The Morgan fingerprint density at radius 1 is 1.35 bits per heavy atom. The summed E-state index contributed by atoms with van der Waals surface area (Å²) in [5, 5.41) is 2.82. The van der Waals surface area contributed by atoms with E-state index in [1.54, 1.807) is 0 Å². The Bertz CT molecular complexity index is 557. The highest BCUT2D eigenvalue weighted by molar-refractivity contribution is 7.91. The van der Waals surface area contributed by atoms with Crippen LogP contribution in [0.4, 0.5) is 5.69 Å². The second-order valence-corrected chi connectivity index (χ2v) is 7.26. The van der Waals surface area contributed by atoms with Gasteiger partial charge < -0.3 is 5.32 Å². The lowest BCUT2D eigenvalue weighted by molar-refractivity contribution is -0.117. The number of benzene rings is 1. The molecule has 2 rings (SSSR count). The largest absolute Gasteiger partial charge is 0.325 e. The molecule has 0 radical (unpaired) electrons.